The van der Waals surface area contributed by atoms with Crippen LogP contribution in [0.3, 0.4) is 0 Å². The van der Waals surface area contributed by atoms with Gasteiger partial charge in [0.15, 0.2) is 0 Å². The summed E-state index contributed by atoms with van der Waals surface area (Å²) in [6.45, 7) is 0. The van der Waals surface area contributed by atoms with Gasteiger partial charge in [-0.05, 0) is 73.8 Å². The van der Waals surface area contributed by atoms with Gasteiger partial charge in [-0.1, -0.05) is 0 Å². The Labute approximate surface area is 163 Å². The summed E-state index contributed by atoms with van der Waals surface area (Å²) in [6.07, 6.45) is 14.7. The normalized spacial score (nSPS) is 30.2. The summed E-state index contributed by atoms with van der Waals surface area (Å²) in [7, 11) is 0. The van der Waals surface area contributed by atoms with E-state index in [2.05, 4.69) is 20.8 Å². The molecule has 4 saturated carbocycles. The van der Waals surface area contributed by atoms with Crippen molar-refractivity contribution in [3.63, 3.8) is 0 Å². The SMILES string of the molecule is O=C(CC12CC3CC(CC(C3)C1)C2)NNC(=O)c1ccc(-n2ccnc2)nc1. The van der Waals surface area contributed by atoms with Gasteiger partial charge in [0.2, 0.25) is 5.91 Å². The summed E-state index contributed by atoms with van der Waals surface area (Å²) in [5.74, 6) is 2.68. The van der Waals surface area contributed by atoms with Crippen LogP contribution in [0.4, 0.5) is 0 Å². The van der Waals surface area contributed by atoms with Crippen molar-refractivity contribution in [2.75, 3.05) is 0 Å². The van der Waals surface area contributed by atoms with Crippen LogP contribution < -0.4 is 10.9 Å². The first kappa shape index (κ1) is 17.4. The highest BCUT2D eigenvalue weighted by atomic mass is 16.2. The van der Waals surface area contributed by atoms with Crippen molar-refractivity contribution < 1.29 is 9.59 Å². The maximum Gasteiger partial charge on any atom is 0.271 e. The summed E-state index contributed by atoms with van der Waals surface area (Å²) >= 11 is 0. The lowest BCUT2D eigenvalue weighted by Crippen LogP contribution is -2.50. The standard InChI is InChI=1S/C21H25N5O2/c27-19(11-21-8-14-5-15(9-21)7-16(6-14)10-21)24-25-20(28)17-1-2-18(23-12-17)26-4-3-22-13-26/h1-4,12-16H,5-11H2,(H,24,27)(H,25,28). The molecule has 146 valence electrons. The number of nitrogens with zero attached hydrogens (tertiary/aromatic N) is 3. The topological polar surface area (TPSA) is 88.9 Å². The van der Waals surface area contributed by atoms with Crippen LogP contribution >= 0.6 is 0 Å². The van der Waals surface area contributed by atoms with Gasteiger partial charge in [0.1, 0.15) is 12.1 Å². The molecule has 0 spiro atoms. The van der Waals surface area contributed by atoms with Crippen LogP contribution in [0.25, 0.3) is 5.82 Å². The average molecular weight is 379 g/mol. The molecule has 4 aliphatic carbocycles. The largest absolute Gasteiger partial charge is 0.291 e. The van der Waals surface area contributed by atoms with Gasteiger partial charge in [0, 0.05) is 25.0 Å². The molecular weight excluding hydrogens is 354 g/mol. The number of hydrazine groups is 1. The van der Waals surface area contributed by atoms with E-state index < -0.39 is 0 Å². The second kappa shape index (κ2) is 6.72. The molecule has 0 saturated heterocycles. The predicted octanol–water partition coefficient (Wildman–Crippen LogP) is 2.63. The first-order chi connectivity index (χ1) is 13.6. The molecule has 4 aliphatic rings. The lowest BCUT2D eigenvalue weighted by Gasteiger charge is -2.56. The number of carbonyl (C=O) groups is 2. The van der Waals surface area contributed by atoms with Gasteiger partial charge in [-0.15, -0.1) is 0 Å². The molecule has 2 aromatic rings. The molecule has 4 bridgehead atoms. The van der Waals surface area contributed by atoms with E-state index in [0.29, 0.717) is 17.8 Å². The van der Waals surface area contributed by atoms with Gasteiger partial charge >= 0.3 is 0 Å². The van der Waals surface area contributed by atoms with Crippen LogP contribution in [0, 0.1) is 23.2 Å². The van der Waals surface area contributed by atoms with Crippen molar-refractivity contribution in [1.82, 2.24) is 25.4 Å². The van der Waals surface area contributed by atoms with E-state index in [1.165, 1.54) is 44.7 Å². The molecule has 4 fully saturated rings. The van der Waals surface area contributed by atoms with Crippen molar-refractivity contribution in [2.24, 2.45) is 23.2 Å². The second-order valence-electron chi connectivity index (χ2n) is 8.97. The molecule has 6 rings (SSSR count). The third kappa shape index (κ3) is 3.30. The summed E-state index contributed by atoms with van der Waals surface area (Å²) in [5, 5.41) is 0. The number of nitrogens with one attached hydrogen (secondary N) is 2. The minimum Gasteiger partial charge on any atom is -0.291 e. The first-order valence-electron chi connectivity index (χ1n) is 10.1. The molecule has 2 aromatic heterocycles. The van der Waals surface area contributed by atoms with Crippen LogP contribution in [0.1, 0.15) is 55.3 Å². The number of amides is 2. The maximum atomic E-state index is 12.5. The Hall–Kier alpha value is -2.70. The fourth-order valence-electron chi connectivity index (χ4n) is 6.16. The quantitative estimate of drug-likeness (QED) is 0.799. The maximum absolute atomic E-state index is 12.5. The minimum absolute atomic E-state index is 0.0849. The van der Waals surface area contributed by atoms with Crippen LogP contribution in [0.15, 0.2) is 37.1 Å². The highest BCUT2D eigenvalue weighted by Gasteiger charge is 2.51. The number of aromatic nitrogens is 3. The third-order valence-corrected chi connectivity index (χ3v) is 6.80. The molecule has 2 amide bonds. The monoisotopic (exact) mass is 379 g/mol. The predicted molar refractivity (Wildman–Crippen MR) is 102 cm³/mol. The van der Waals surface area contributed by atoms with E-state index in [4.69, 9.17) is 0 Å². The van der Waals surface area contributed by atoms with E-state index in [1.807, 2.05) is 0 Å². The van der Waals surface area contributed by atoms with Gasteiger partial charge in [-0.3, -0.25) is 25.0 Å². The average Bonchev–Trinajstić information content (AvgIpc) is 3.19. The fraction of sp³-hybridized carbons (Fsp3) is 0.524. The zero-order valence-electron chi connectivity index (χ0n) is 15.8. The highest BCUT2D eigenvalue weighted by Crippen LogP contribution is 2.61. The summed E-state index contributed by atoms with van der Waals surface area (Å²) in [6, 6.07) is 3.43. The van der Waals surface area contributed by atoms with Crippen LogP contribution in [0.2, 0.25) is 0 Å². The molecule has 0 atom stereocenters. The number of hydrogen-bond donors (Lipinski definition) is 2. The number of hydrogen-bond acceptors (Lipinski definition) is 4. The van der Waals surface area contributed by atoms with Gasteiger partial charge in [0.05, 0.1) is 5.56 Å². The molecule has 0 aliphatic heterocycles. The van der Waals surface area contributed by atoms with Gasteiger partial charge in [-0.25, -0.2) is 9.97 Å². The number of rotatable bonds is 4. The lowest BCUT2D eigenvalue weighted by atomic mass is 9.49. The highest BCUT2D eigenvalue weighted by molar-refractivity contribution is 5.95. The van der Waals surface area contributed by atoms with Gasteiger partial charge in [-0.2, -0.15) is 0 Å². The Morgan fingerprint density at radius 2 is 1.79 bits per heavy atom. The van der Waals surface area contributed by atoms with Crippen LogP contribution in [-0.2, 0) is 4.79 Å². The van der Waals surface area contributed by atoms with Gasteiger partial charge < -0.3 is 0 Å². The van der Waals surface area contributed by atoms with Crippen LogP contribution in [-0.4, -0.2) is 26.3 Å². The van der Waals surface area contributed by atoms with E-state index in [0.717, 1.165) is 17.8 Å². The zero-order chi connectivity index (χ0) is 19.1. The summed E-state index contributed by atoms with van der Waals surface area (Å²) in [4.78, 5) is 33.1. The number of pyridine rings is 1. The Morgan fingerprint density at radius 1 is 1.07 bits per heavy atom. The fourth-order valence-corrected chi connectivity index (χ4v) is 6.16. The molecule has 2 N–H and O–H groups in total. The van der Waals surface area contributed by atoms with Crippen molar-refractivity contribution in [1.29, 1.82) is 0 Å². The molecule has 0 radical (unpaired) electrons. The molecular formula is C21H25N5O2. The zero-order valence-corrected chi connectivity index (χ0v) is 15.8. The molecule has 2 heterocycles. The Morgan fingerprint density at radius 3 is 2.36 bits per heavy atom. The molecule has 7 nitrogen and oxygen atoms in total. The number of imidazole rings is 1. The van der Waals surface area contributed by atoms with Gasteiger partial charge in [0.25, 0.3) is 5.91 Å². The Balaban J connectivity index is 1.16. The first-order valence-corrected chi connectivity index (χ1v) is 10.1. The summed E-state index contributed by atoms with van der Waals surface area (Å²) in [5.41, 5.74) is 5.72. The lowest BCUT2D eigenvalue weighted by molar-refractivity contribution is -0.130. The Kier molecular flexibility index (Phi) is 4.18. The number of carbonyl (C=O) groups excluding carboxylic acids is 2. The smallest absolute Gasteiger partial charge is 0.271 e. The van der Waals surface area contributed by atoms with E-state index in [1.54, 1.807) is 35.4 Å². The van der Waals surface area contributed by atoms with Crippen molar-refractivity contribution in [3.8, 4) is 5.82 Å². The van der Waals surface area contributed by atoms with Crippen molar-refractivity contribution >= 4 is 11.8 Å². The summed E-state index contributed by atoms with van der Waals surface area (Å²) < 4.78 is 1.76. The second-order valence-corrected chi connectivity index (χ2v) is 8.97. The van der Waals surface area contributed by atoms with E-state index >= 15 is 0 Å². The van der Waals surface area contributed by atoms with E-state index in [-0.39, 0.29) is 17.2 Å². The molecule has 0 aromatic carbocycles. The molecule has 0 unspecified atom stereocenters. The third-order valence-electron chi connectivity index (χ3n) is 6.80. The molecule has 28 heavy (non-hydrogen) atoms. The van der Waals surface area contributed by atoms with Crippen molar-refractivity contribution in [3.05, 3.63) is 42.6 Å². The Bertz CT molecular complexity index is 839. The van der Waals surface area contributed by atoms with Crippen LogP contribution in [0.5, 0.6) is 0 Å². The van der Waals surface area contributed by atoms with E-state index in [9.17, 15) is 9.59 Å². The minimum atomic E-state index is -0.358. The van der Waals surface area contributed by atoms with Crippen molar-refractivity contribution in [2.45, 2.75) is 44.9 Å². The molecule has 7 heteroatoms.